The van der Waals surface area contributed by atoms with E-state index in [1.54, 1.807) is 6.08 Å². The minimum atomic E-state index is -0.266. The van der Waals surface area contributed by atoms with Gasteiger partial charge in [-0.15, -0.1) is 0 Å². The predicted molar refractivity (Wildman–Crippen MR) is 76.0 cm³/mol. The molecule has 0 heterocycles. The summed E-state index contributed by atoms with van der Waals surface area (Å²) in [6, 6.07) is 0. The van der Waals surface area contributed by atoms with Crippen molar-refractivity contribution in [2.24, 2.45) is 0 Å². The van der Waals surface area contributed by atoms with Crippen molar-refractivity contribution < 1.29 is 19.3 Å². The van der Waals surface area contributed by atoms with E-state index >= 15 is 0 Å². The van der Waals surface area contributed by atoms with Crippen LogP contribution in [0.15, 0.2) is 12.2 Å². The second-order valence-electron chi connectivity index (χ2n) is 5.74. The molecule has 0 atom stereocenters. The Morgan fingerprint density at radius 1 is 0.900 bits per heavy atom. The van der Waals surface area contributed by atoms with E-state index in [1.807, 2.05) is 0 Å². The molecule has 114 valence electrons. The van der Waals surface area contributed by atoms with Crippen LogP contribution in [0.3, 0.4) is 0 Å². The van der Waals surface area contributed by atoms with Crippen LogP contribution in [-0.4, -0.2) is 24.8 Å². The van der Waals surface area contributed by atoms with Crippen molar-refractivity contribution >= 4 is 5.97 Å². The molecular weight excluding hydrogens is 256 g/mol. The highest BCUT2D eigenvalue weighted by Crippen LogP contribution is 2.21. The van der Waals surface area contributed by atoms with Crippen molar-refractivity contribution in [2.75, 3.05) is 6.61 Å². The van der Waals surface area contributed by atoms with Crippen LogP contribution in [0, 0.1) is 0 Å². The third kappa shape index (κ3) is 6.06. The second kappa shape index (κ2) is 9.14. The van der Waals surface area contributed by atoms with Crippen LogP contribution in [0.1, 0.15) is 64.2 Å². The minimum absolute atomic E-state index is 0.111. The summed E-state index contributed by atoms with van der Waals surface area (Å²) < 4.78 is 5.37. The summed E-state index contributed by atoms with van der Waals surface area (Å²) in [5, 5.41) is 0. The molecule has 0 aromatic heterocycles. The minimum Gasteiger partial charge on any atom is -0.459 e. The summed E-state index contributed by atoms with van der Waals surface area (Å²) in [7, 11) is 0. The van der Waals surface area contributed by atoms with E-state index in [-0.39, 0.29) is 18.2 Å². The van der Waals surface area contributed by atoms with Gasteiger partial charge in [-0.2, -0.15) is 0 Å². The lowest BCUT2D eigenvalue weighted by Crippen LogP contribution is -2.19. The summed E-state index contributed by atoms with van der Waals surface area (Å²) >= 11 is 0. The molecule has 0 aromatic rings. The highest BCUT2D eigenvalue weighted by Gasteiger charge is 2.16. The van der Waals surface area contributed by atoms with Crippen LogP contribution < -0.4 is 0 Å². The molecule has 0 spiro atoms. The maximum Gasteiger partial charge on any atom is 0.330 e. The Hall–Kier alpha value is -0.870. The van der Waals surface area contributed by atoms with Gasteiger partial charge in [0, 0.05) is 6.08 Å². The quantitative estimate of drug-likeness (QED) is 0.245. The maximum atomic E-state index is 11.6. The molecular formula is C16H26O4. The molecule has 0 radical (unpaired) electrons. The van der Waals surface area contributed by atoms with Crippen LogP contribution in [0.25, 0.3) is 0 Å². The molecule has 0 saturated heterocycles. The number of hydrogen-bond acceptors (Lipinski definition) is 4. The van der Waals surface area contributed by atoms with E-state index < -0.39 is 0 Å². The molecule has 0 bridgehead atoms. The van der Waals surface area contributed by atoms with E-state index in [9.17, 15) is 4.79 Å². The van der Waals surface area contributed by atoms with Crippen LogP contribution in [0.2, 0.25) is 0 Å². The fourth-order valence-corrected chi connectivity index (χ4v) is 2.87. The van der Waals surface area contributed by atoms with E-state index in [0.717, 1.165) is 25.7 Å². The maximum absolute atomic E-state index is 11.6. The molecule has 0 aliphatic heterocycles. The van der Waals surface area contributed by atoms with Gasteiger partial charge in [0.15, 0.2) is 0 Å². The van der Waals surface area contributed by atoms with Gasteiger partial charge < -0.3 is 4.74 Å². The SMILES string of the molecule is O=C(/C=C/COOC1CCCCC1)OC1CCCCC1. The number of carbonyl (C=O) groups excluding carboxylic acids is 1. The highest BCUT2D eigenvalue weighted by atomic mass is 17.2. The van der Waals surface area contributed by atoms with Crippen molar-refractivity contribution in [3.63, 3.8) is 0 Å². The monoisotopic (exact) mass is 282 g/mol. The lowest BCUT2D eigenvalue weighted by atomic mass is 9.98. The number of ether oxygens (including phenoxy) is 1. The molecule has 2 aliphatic carbocycles. The summed E-state index contributed by atoms with van der Waals surface area (Å²) in [6.45, 7) is 0.302. The first-order chi connectivity index (χ1) is 9.84. The molecule has 0 aromatic carbocycles. The van der Waals surface area contributed by atoms with E-state index in [1.165, 1.54) is 44.6 Å². The first kappa shape index (κ1) is 15.5. The number of carbonyl (C=O) groups is 1. The predicted octanol–water partition coefficient (Wildman–Crippen LogP) is 3.70. The first-order valence-corrected chi connectivity index (χ1v) is 8.00. The van der Waals surface area contributed by atoms with Gasteiger partial charge in [-0.1, -0.05) is 25.7 Å². The molecule has 20 heavy (non-hydrogen) atoms. The molecule has 0 N–H and O–H groups in total. The van der Waals surface area contributed by atoms with Gasteiger partial charge >= 0.3 is 5.97 Å². The van der Waals surface area contributed by atoms with Gasteiger partial charge in [0.05, 0.1) is 6.10 Å². The zero-order valence-electron chi connectivity index (χ0n) is 12.2. The third-order valence-electron chi connectivity index (χ3n) is 4.01. The van der Waals surface area contributed by atoms with Crippen molar-refractivity contribution in [3.8, 4) is 0 Å². The van der Waals surface area contributed by atoms with Gasteiger partial charge in [0.2, 0.25) is 0 Å². The Balaban J connectivity index is 1.52. The molecule has 2 rings (SSSR count). The van der Waals surface area contributed by atoms with E-state index in [4.69, 9.17) is 14.5 Å². The van der Waals surface area contributed by atoms with E-state index in [0.29, 0.717) is 6.61 Å². The van der Waals surface area contributed by atoms with Gasteiger partial charge in [0.1, 0.15) is 12.7 Å². The Kier molecular flexibility index (Phi) is 7.09. The lowest BCUT2D eigenvalue weighted by molar-refractivity contribution is -0.321. The number of rotatable bonds is 6. The molecule has 2 fully saturated rings. The average Bonchev–Trinajstić information content (AvgIpc) is 2.49. The average molecular weight is 282 g/mol. The summed E-state index contributed by atoms with van der Waals surface area (Å²) in [4.78, 5) is 22.0. The largest absolute Gasteiger partial charge is 0.459 e. The summed E-state index contributed by atoms with van der Waals surface area (Å²) in [6.07, 6.45) is 14.9. The Morgan fingerprint density at radius 2 is 1.50 bits per heavy atom. The van der Waals surface area contributed by atoms with Crippen LogP contribution >= 0.6 is 0 Å². The van der Waals surface area contributed by atoms with Crippen LogP contribution in [0.4, 0.5) is 0 Å². The summed E-state index contributed by atoms with van der Waals surface area (Å²) in [5.74, 6) is -0.266. The zero-order valence-corrected chi connectivity index (χ0v) is 12.2. The summed E-state index contributed by atoms with van der Waals surface area (Å²) in [5.41, 5.74) is 0. The zero-order chi connectivity index (χ0) is 14.0. The molecule has 2 saturated carbocycles. The molecule has 4 heteroatoms. The van der Waals surface area contributed by atoms with Crippen LogP contribution in [0.5, 0.6) is 0 Å². The lowest BCUT2D eigenvalue weighted by Gasteiger charge is -2.21. The fourth-order valence-electron chi connectivity index (χ4n) is 2.87. The standard InChI is InChI=1S/C16H26O4/c17-16(19-14-8-3-1-4-9-14)12-7-13-18-20-15-10-5-2-6-11-15/h7,12,14-15H,1-6,8-11,13H2/b12-7+. The van der Waals surface area contributed by atoms with E-state index in [2.05, 4.69) is 0 Å². The Labute approximate surface area is 121 Å². The van der Waals surface area contributed by atoms with Crippen molar-refractivity contribution in [3.05, 3.63) is 12.2 Å². The van der Waals surface area contributed by atoms with Crippen molar-refractivity contribution in [1.82, 2.24) is 0 Å². The second-order valence-corrected chi connectivity index (χ2v) is 5.74. The topological polar surface area (TPSA) is 44.8 Å². The van der Waals surface area contributed by atoms with Crippen LogP contribution in [-0.2, 0) is 19.3 Å². The van der Waals surface area contributed by atoms with Gasteiger partial charge in [-0.3, -0.25) is 0 Å². The highest BCUT2D eigenvalue weighted by molar-refractivity contribution is 5.82. The normalized spacial score (nSPS) is 22.2. The van der Waals surface area contributed by atoms with Gasteiger partial charge in [0.25, 0.3) is 0 Å². The first-order valence-electron chi connectivity index (χ1n) is 8.00. The van der Waals surface area contributed by atoms with Gasteiger partial charge in [-0.05, 0) is 44.6 Å². The molecule has 0 unspecified atom stereocenters. The smallest absolute Gasteiger partial charge is 0.330 e. The molecule has 4 nitrogen and oxygen atoms in total. The fraction of sp³-hybridized carbons (Fsp3) is 0.812. The molecule has 2 aliphatic rings. The number of esters is 1. The van der Waals surface area contributed by atoms with Gasteiger partial charge in [-0.25, -0.2) is 14.6 Å². The van der Waals surface area contributed by atoms with Crippen molar-refractivity contribution in [2.45, 2.75) is 76.4 Å². The third-order valence-corrected chi connectivity index (χ3v) is 4.01. The molecule has 0 amide bonds. The Morgan fingerprint density at radius 3 is 2.15 bits per heavy atom. The Bertz CT molecular complexity index is 302. The van der Waals surface area contributed by atoms with Crippen molar-refractivity contribution in [1.29, 1.82) is 0 Å². The number of hydrogen-bond donors (Lipinski definition) is 0.